The third kappa shape index (κ3) is 3.22. The molecule has 21 heavy (non-hydrogen) atoms. The zero-order chi connectivity index (χ0) is 15.6. The second kappa shape index (κ2) is 6.24. The lowest BCUT2D eigenvalue weighted by Crippen LogP contribution is -2.39. The van der Waals surface area contributed by atoms with Crippen molar-refractivity contribution in [3.8, 4) is 11.1 Å². The van der Waals surface area contributed by atoms with Gasteiger partial charge in [-0.15, -0.1) is 0 Å². The van der Waals surface area contributed by atoms with Crippen molar-refractivity contribution in [1.29, 1.82) is 0 Å². The molecule has 0 radical (unpaired) electrons. The monoisotopic (exact) mass is 312 g/mol. The molecule has 5 nitrogen and oxygen atoms in total. The maximum absolute atomic E-state index is 13.3. The van der Waals surface area contributed by atoms with Crippen LogP contribution in [0.1, 0.15) is 6.92 Å². The molecule has 2 rings (SSSR count). The molecule has 0 aliphatic rings. The Labute approximate surface area is 125 Å². The van der Waals surface area contributed by atoms with Crippen molar-refractivity contribution >= 4 is 11.6 Å². The molecule has 1 aromatic heterocycles. The molecule has 0 aliphatic heterocycles. The zero-order valence-electron chi connectivity index (χ0n) is 11.5. The predicted molar refractivity (Wildman–Crippen MR) is 78.2 cm³/mol. The lowest BCUT2D eigenvalue weighted by Gasteiger charge is -2.13. The van der Waals surface area contributed by atoms with Gasteiger partial charge in [0.25, 0.3) is 5.56 Å². The smallest absolute Gasteiger partial charge is 0.329 e. The summed E-state index contributed by atoms with van der Waals surface area (Å²) in [5.41, 5.74) is -0.855. The molecular formula is C14H14ClFN2O3. The van der Waals surface area contributed by atoms with Crippen LogP contribution in [0.15, 0.2) is 33.9 Å². The van der Waals surface area contributed by atoms with Crippen LogP contribution >= 0.6 is 11.6 Å². The fourth-order valence-corrected chi connectivity index (χ4v) is 2.21. The van der Waals surface area contributed by atoms with Crippen molar-refractivity contribution in [2.45, 2.75) is 19.6 Å². The molecule has 2 aromatic rings. The summed E-state index contributed by atoms with van der Waals surface area (Å²) < 4.78 is 19.4. The van der Waals surface area contributed by atoms with Crippen LogP contribution in [0.25, 0.3) is 11.1 Å². The summed E-state index contributed by atoms with van der Waals surface area (Å²) in [4.78, 5) is 26.7. The van der Waals surface area contributed by atoms with Crippen LogP contribution in [0.4, 0.5) is 4.39 Å². The van der Waals surface area contributed by atoms with Gasteiger partial charge in [-0.3, -0.25) is 14.3 Å². The number of benzene rings is 1. The molecule has 0 saturated heterocycles. The topological polar surface area (TPSA) is 64.1 Å². The Morgan fingerprint density at radius 2 is 2.14 bits per heavy atom. The highest BCUT2D eigenvalue weighted by atomic mass is 35.5. The standard InChI is InChI=1S/C14H14ClFN2O3/c1-8(21-2)7-18-13(19)11(12(15)17-14(18)20)9-4-3-5-10(16)6-9/h3-6,8H,7H2,1-2H3,(H,17,20). The van der Waals surface area contributed by atoms with Crippen LogP contribution in [-0.4, -0.2) is 22.8 Å². The first-order chi connectivity index (χ1) is 9.93. The summed E-state index contributed by atoms with van der Waals surface area (Å²) >= 11 is 5.94. The van der Waals surface area contributed by atoms with E-state index in [-0.39, 0.29) is 23.4 Å². The van der Waals surface area contributed by atoms with Crippen molar-refractivity contribution in [2.75, 3.05) is 7.11 Å². The van der Waals surface area contributed by atoms with Gasteiger partial charge < -0.3 is 4.74 Å². The average molecular weight is 313 g/mol. The Morgan fingerprint density at radius 1 is 1.43 bits per heavy atom. The summed E-state index contributed by atoms with van der Waals surface area (Å²) in [5.74, 6) is -0.494. The maximum atomic E-state index is 13.3. The van der Waals surface area contributed by atoms with E-state index in [1.165, 1.54) is 25.3 Å². The number of H-pyrrole nitrogens is 1. The summed E-state index contributed by atoms with van der Waals surface area (Å²) in [7, 11) is 1.48. The molecule has 1 unspecified atom stereocenters. The van der Waals surface area contributed by atoms with Crippen molar-refractivity contribution in [2.24, 2.45) is 0 Å². The van der Waals surface area contributed by atoms with Gasteiger partial charge in [0, 0.05) is 7.11 Å². The van der Waals surface area contributed by atoms with E-state index in [0.29, 0.717) is 5.56 Å². The SMILES string of the molecule is COC(C)Cn1c(=O)[nH]c(Cl)c(-c2cccc(F)c2)c1=O. The van der Waals surface area contributed by atoms with Crippen LogP contribution < -0.4 is 11.2 Å². The van der Waals surface area contributed by atoms with E-state index in [9.17, 15) is 14.0 Å². The quantitative estimate of drug-likeness (QED) is 0.879. The third-order valence-electron chi connectivity index (χ3n) is 3.10. The number of methoxy groups -OCH3 is 1. The van der Waals surface area contributed by atoms with Crippen molar-refractivity contribution in [3.05, 3.63) is 56.1 Å². The Hall–Kier alpha value is -1.92. The highest BCUT2D eigenvalue weighted by molar-refractivity contribution is 6.32. The summed E-state index contributed by atoms with van der Waals surface area (Å²) in [6.45, 7) is 1.80. The van der Waals surface area contributed by atoms with Crippen LogP contribution in [0.3, 0.4) is 0 Å². The molecule has 0 amide bonds. The minimum Gasteiger partial charge on any atom is -0.380 e. The highest BCUT2D eigenvalue weighted by Crippen LogP contribution is 2.22. The molecule has 0 bridgehead atoms. The molecule has 112 valence electrons. The molecule has 1 N–H and O–H groups in total. The molecule has 0 fully saturated rings. The Kier molecular flexibility index (Phi) is 4.59. The summed E-state index contributed by atoms with van der Waals surface area (Å²) in [6, 6.07) is 5.46. The number of ether oxygens (including phenoxy) is 1. The van der Waals surface area contributed by atoms with Gasteiger partial charge in [0.05, 0.1) is 18.2 Å². The molecule has 1 heterocycles. The van der Waals surface area contributed by atoms with E-state index < -0.39 is 17.1 Å². The minimum atomic E-state index is -0.631. The van der Waals surface area contributed by atoms with Crippen LogP contribution in [-0.2, 0) is 11.3 Å². The molecule has 7 heteroatoms. The van der Waals surface area contributed by atoms with Gasteiger partial charge in [0.2, 0.25) is 0 Å². The molecular weight excluding hydrogens is 299 g/mol. The van der Waals surface area contributed by atoms with Crippen LogP contribution in [0.2, 0.25) is 5.15 Å². The largest absolute Gasteiger partial charge is 0.380 e. The van der Waals surface area contributed by atoms with E-state index in [2.05, 4.69) is 4.98 Å². The Balaban J connectivity index is 2.65. The summed E-state index contributed by atoms with van der Waals surface area (Å²) in [6.07, 6.45) is -0.328. The molecule has 0 aliphatic carbocycles. The normalized spacial score (nSPS) is 12.4. The fourth-order valence-electron chi connectivity index (χ4n) is 1.94. The fraction of sp³-hybridized carbons (Fsp3) is 0.286. The number of aromatic nitrogens is 2. The first kappa shape index (κ1) is 15.5. The number of rotatable bonds is 4. The number of nitrogens with zero attached hydrogens (tertiary/aromatic N) is 1. The summed E-state index contributed by atoms with van der Waals surface area (Å²) in [5, 5.41) is -0.114. The van der Waals surface area contributed by atoms with E-state index in [0.717, 1.165) is 4.57 Å². The van der Waals surface area contributed by atoms with Crippen LogP contribution in [0, 0.1) is 5.82 Å². The predicted octanol–water partition coefficient (Wildman–Crippen LogP) is 2.03. The number of aromatic amines is 1. The van der Waals surface area contributed by atoms with Crippen LogP contribution in [0.5, 0.6) is 0 Å². The van der Waals surface area contributed by atoms with Crippen molar-refractivity contribution < 1.29 is 9.13 Å². The van der Waals surface area contributed by atoms with Gasteiger partial charge in [0.1, 0.15) is 11.0 Å². The molecule has 1 atom stereocenters. The second-order valence-corrected chi connectivity index (χ2v) is 4.97. The van der Waals surface area contributed by atoms with E-state index in [1.54, 1.807) is 13.0 Å². The van der Waals surface area contributed by atoms with E-state index in [4.69, 9.17) is 16.3 Å². The number of hydrogen-bond donors (Lipinski definition) is 1. The highest BCUT2D eigenvalue weighted by Gasteiger charge is 2.16. The first-order valence-electron chi connectivity index (χ1n) is 6.25. The van der Waals surface area contributed by atoms with Gasteiger partial charge >= 0.3 is 5.69 Å². The zero-order valence-corrected chi connectivity index (χ0v) is 12.3. The number of hydrogen-bond acceptors (Lipinski definition) is 3. The first-order valence-corrected chi connectivity index (χ1v) is 6.63. The second-order valence-electron chi connectivity index (χ2n) is 4.59. The van der Waals surface area contributed by atoms with Crippen molar-refractivity contribution in [1.82, 2.24) is 9.55 Å². The van der Waals surface area contributed by atoms with E-state index in [1.807, 2.05) is 0 Å². The minimum absolute atomic E-state index is 0.0547. The van der Waals surface area contributed by atoms with Gasteiger partial charge in [-0.05, 0) is 24.6 Å². The molecule has 0 spiro atoms. The average Bonchev–Trinajstić information content (AvgIpc) is 2.43. The molecule has 1 aromatic carbocycles. The Morgan fingerprint density at radius 3 is 2.76 bits per heavy atom. The van der Waals surface area contributed by atoms with E-state index >= 15 is 0 Å². The maximum Gasteiger partial charge on any atom is 0.329 e. The third-order valence-corrected chi connectivity index (χ3v) is 3.38. The number of halogens is 2. The lowest BCUT2D eigenvalue weighted by atomic mass is 10.1. The lowest BCUT2D eigenvalue weighted by molar-refractivity contribution is 0.101. The Bertz CT molecular complexity index is 770. The number of nitrogens with one attached hydrogen (secondary N) is 1. The van der Waals surface area contributed by atoms with Gasteiger partial charge in [-0.25, -0.2) is 9.18 Å². The van der Waals surface area contributed by atoms with Gasteiger partial charge in [-0.2, -0.15) is 0 Å². The molecule has 0 saturated carbocycles. The van der Waals surface area contributed by atoms with Gasteiger partial charge in [-0.1, -0.05) is 23.7 Å². The van der Waals surface area contributed by atoms with Crippen molar-refractivity contribution in [3.63, 3.8) is 0 Å². The van der Waals surface area contributed by atoms with Gasteiger partial charge in [0.15, 0.2) is 0 Å².